The normalized spacial score (nSPS) is 28.3. The maximum absolute atomic E-state index is 10.7. The SMILES string of the molecule is CCC1CC(O)(Cc2cc(Cl)ccc2Cl)CCO1. The van der Waals surface area contributed by atoms with E-state index in [4.69, 9.17) is 27.9 Å². The number of ether oxygens (including phenoxy) is 1. The molecule has 1 aromatic rings. The van der Waals surface area contributed by atoms with E-state index in [2.05, 4.69) is 6.92 Å². The molecule has 0 aromatic heterocycles. The summed E-state index contributed by atoms with van der Waals surface area (Å²) in [5.41, 5.74) is 0.177. The van der Waals surface area contributed by atoms with E-state index < -0.39 is 5.60 Å². The summed E-state index contributed by atoms with van der Waals surface area (Å²) in [6.07, 6.45) is 2.90. The van der Waals surface area contributed by atoms with Crippen molar-refractivity contribution in [1.29, 1.82) is 0 Å². The number of halogens is 2. The summed E-state index contributed by atoms with van der Waals surface area (Å²) >= 11 is 12.1. The van der Waals surface area contributed by atoms with Gasteiger partial charge in [0.15, 0.2) is 0 Å². The molecule has 2 rings (SSSR count). The van der Waals surface area contributed by atoms with E-state index >= 15 is 0 Å². The second kappa shape index (κ2) is 5.79. The number of hydrogen-bond donors (Lipinski definition) is 1. The van der Waals surface area contributed by atoms with Crippen LogP contribution in [0.4, 0.5) is 0 Å². The molecule has 1 heterocycles. The lowest BCUT2D eigenvalue weighted by molar-refractivity contribution is -0.103. The lowest BCUT2D eigenvalue weighted by Crippen LogP contribution is -2.42. The van der Waals surface area contributed by atoms with Crippen LogP contribution < -0.4 is 0 Å². The quantitative estimate of drug-likeness (QED) is 0.915. The van der Waals surface area contributed by atoms with Crippen LogP contribution in [0, 0.1) is 0 Å². The summed E-state index contributed by atoms with van der Waals surface area (Å²) in [6.45, 7) is 2.68. The minimum absolute atomic E-state index is 0.140. The van der Waals surface area contributed by atoms with Crippen LogP contribution in [-0.2, 0) is 11.2 Å². The standard InChI is InChI=1S/C14H18Cl2O2/c1-2-12-9-14(17,5-6-18-12)8-10-7-11(15)3-4-13(10)16/h3-4,7,12,17H,2,5-6,8-9H2,1H3. The zero-order valence-electron chi connectivity index (χ0n) is 10.5. The number of hydrogen-bond acceptors (Lipinski definition) is 2. The second-order valence-corrected chi connectivity index (χ2v) is 5.84. The van der Waals surface area contributed by atoms with Crippen molar-refractivity contribution in [1.82, 2.24) is 0 Å². The molecule has 0 aliphatic carbocycles. The Morgan fingerprint density at radius 3 is 2.94 bits per heavy atom. The Bertz CT molecular complexity index is 422. The molecule has 1 fully saturated rings. The fraction of sp³-hybridized carbons (Fsp3) is 0.571. The Morgan fingerprint density at radius 1 is 1.44 bits per heavy atom. The first-order valence-electron chi connectivity index (χ1n) is 6.30. The molecule has 0 spiro atoms. The molecule has 1 saturated heterocycles. The highest BCUT2D eigenvalue weighted by Crippen LogP contribution is 2.32. The molecule has 2 atom stereocenters. The first kappa shape index (κ1) is 14.1. The third kappa shape index (κ3) is 3.39. The predicted molar refractivity (Wildman–Crippen MR) is 74.4 cm³/mol. The van der Waals surface area contributed by atoms with Crippen molar-refractivity contribution in [2.75, 3.05) is 6.61 Å². The minimum atomic E-state index is -0.729. The fourth-order valence-electron chi connectivity index (χ4n) is 2.46. The van der Waals surface area contributed by atoms with Crippen LogP contribution in [0.5, 0.6) is 0 Å². The summed E-state index contributed by atoms with van der Waals surface area (Å²) in [4.78, 5) is 0. The first-order valence-corrected chi connectivity index (χ1v) is 7.06. The van der Waals surface area contributed by atoms with E-state index in [0.717, 1.165) is 12.0 Å². The molecular formula is C14H18Cl2O2. The molecule has 0 bridgehead atoms. The molecule has 0 saturated carbocycles. The summed E-state index contributed by atoms with van der Waals surface area (Å²) in [5.74, 6) is 0. The summed E-state index contributed by atoms with van der Waals surface area (Å²) in [6, 6.07) is 5.37. The Hall–Kier alpha value is -0.280. The van der Waals surface area contributed by atoms with Crippen LogP contribution in [0.1, 0.15) is 31.7 Å². The van der Waals surface area contributed by atoms with E-state index in [1.54, 1.807) is 12.1 Å². The number of rotatable bonds is 3. The lowest BCUT2D eigenvalue weighted by Gasteiger charge is -2.37. The van der Waals surface area contributed by atoms with Crippen molar-refractivity contribution in [2.24, 2.45) is 0 Å². The fourth-order valence-corrected chi connectivity index (χ4v) is 2.84. The van der Waals surface area contributed by atoms with E-state index in [1.807, 2.05) is 6.07 Å². The molecule has 100 valence electrons. The molecule has 0 radical (unpaired) electrons. The minimum Gasteiger partial charge on any atom is -0.389 e. The Kier molecular flexibility index (Phi) is 4.54. The zero-order valence-corrected chi connectivity index (χ0v) is 12.0. The predicted octanol–water partition coefficient (Wildman–Crippen LogP) is 3.86. The third-order valence-corrected chi connectivity index (χ3v) is 4.12. The summed E-state index contributed by atoms with van der Waals surface area (Å²) in [5, 5.41) is 12.0. The highest BCUT2D eigenvalue weighted by molar-refractivity contribution is 6.33. The Balaban J connectivity index is 2.14. The largest absolute Gasteiger partial charge is 0.389 e. The number of benzene rings is 1. The van der Waals surface area contributed by atoms with Gasteiger partial charge in [0.1, 0.15) is 0 Å². The molecule has 4 heteroatoms. The topological polar surface area (TPSA) is 29.5 Å². The lowest BCUT2D eigenvalue weighted by atomic mass is 9.84. The van der Waals surface area contributed by atoms with Crippen molar-refractivity contribution in [3.05, 3.63) is 33.8 Å². The maximum atomic E-state index is 10.7. The van der Waals surface area contributed by atoms with Gasteiger partial charge in [-0.25, -0.2) is 0 Å². The second-order valence-electron chi connectivity index (χ2n) is 4.99. The van der Waals surface area contributed by atoms with Crippen LogP contribution >= 0.6 is 23.2 Å². The van der Waals surface area contributed by atoms with Gasteiger partial charge in [0.25, 0.3) is 0 Å². The van der Waals surface area contributed by atoms with Crippen molar-refractivity contribution in [3.8, 4) is 0 Å². The van der Waals surface area contributed by atoms with Gasteiger partial charge in [-0.3, -0.25) is 0 Å². The van der Waals surface area contributed by atoms with Gasteiger partial charge in [-0.2, -0.15) is 0 Å². The molecule has 2 nitrogen and oxygen atoms in total. The van der Waals surface area contributed by atoms with Crippen LogP contribution in [0.25, 0.3) is 0 Å². The molecule has 0 amide bonds. The molecule has 1 aromatic carbocycles. The van der Waals surface area contributed by atoms with Crippen molar-refractivity contribution < 1.29 is 9.84 Å². The smallest absolute Gasteiger partial charge is 0.0735 e. The van der Waals surface area contributed by atoms with Crippen LogP contribution in [-0.4, -0.2) is 23.4 Å². The van der Waals surface area contributed by atoms with Crippen LogP contribution in [0.2, 0.25) is 10.0 Å². The Morgan fingerprint density at radius 2 is 2.22 bits per heavy atom. The van der Waals surface area contributed by atoms with Crippen LogP contribution in [0.3, 0.4) is 0 Å². The molecule has 18 heavy (non-hydrogen) atoms. The third-order valence-electron chi connectivity index (χ3n) is 3.51. The Labute approximate surface area is 118 Å². The molecule has 1 N–H and O–H groups in total. The van der Waals surface area contributed by atoms with Gasteiger partial charge >= 0.3 is 0 Å². The van der Waals surface area contributed by atoms with E-state index in [-0.39, 0.29) is 6.10 Å². The van der Waals surface area contributed by atoms with Crippen LogP contribution in [0.15, 0.2) is 18.2 Å². The maximum Gasteiger partial charge on any atom is 0.0735 e. The van der Waals surface area contributed by atoms with Gasteiger partial charge in [0.05, 0.1) is 11.7 Å². The van der Waals surface area contributed by atoms with E-state index in [1.165, 1.54) is 0 Å². The van der Waals surface area contributed by atoms with Gasteiger partial charge < -0.3 is 9.84 Å². The molecular weight excluding hydrogens is 271 g/mol. The average Bonchev–Trinajstić information content (AvgIpc) is 2.33. The molecule has 2 unspecified atom stereocenters. The van der Waals surface area contributed by atoms with Crippen molar-refractivity contribution >= 4 is 23.2 Å². The van der Waals surface area contributed by atoms with Gasteiger partial charge in [-0.1, -0.05) is 30.1 Å². The van der Waals surface area contributed by atoms with Gasteiger partial charge in [0, 0.05) is 29.5 Å². The van der Waals surface area contributed by atoms with Gasteiger partial charge in [-0.05, 0) is 36.6 Å². The summed E-state index contributed by atoms with van der Waals surface area (Å²) in [7, 11) is 0. The van der Waals surface area contributed by atoms with Crippen molar-refractivity contribution in [3.63, 3.8) is 0 Å². The van der Waals surface area contributed by atoms with E-state index in [0.29, 0.717) is 35.9 Å². The summed E-state index contributed by atoms with van der Waals surface area (Å²) < 4.78 is 5.60. The molecule has 1 aliphatic rings. The van der Waals surface area contributed by atoms with Crippen molar-refractivity contribution in [2.45, 2.75) is 44.3 Å². The highest BCUT2D eigenvalue weighted by atomic mass is 35.5. The average molecular weight is 289 g/mol. The monoisotopic (exact) mass is 288 g/mol. The zero-order chi connectivity index (χ0) is 13.2. The molecule has 1 aliphatic heterocycles. The first-order chi connectivity index (χ1) is 8.52. The number of aliphatic hydroxyl groups is 1. The van der Waals surface area contributed by atoms with Gasteiger partial charge in [-0.15, -0.1) is 0 Å². The van der Waals surface area contributed by atoms with Gasteiger partial charge in [0.2, 0.25) is 0 Å². The highest BCUT2D eigenvalue weighted by Gasteiger charge is 2.34. The van der Waals surface area contributed by atoms with E-state index in [9.17, 15) is 5.11 Å².